The number of nitrogens with zero attached hydrogens (tertiary/aromatic N) is 1. The van der Waals surface area contributed by atoms with E-state index in [0.717, 1.165) is 29.8 Å². The fourth-order valence-electron chi connectivity index (χ4n) is 2.56. The molecule has 3 N–H and O–H groups in total. The van der Waals surface area contributed by atoms with Crippen molar-refractivity contribution >= 4 is 0 Å². The Labute approximate surface area is 106 Å². The normalized spacial score (nSPS) is 19.9. The zero-order chi connectivity index (χ0) is 12.4. The summed E-state index contributed by atoms with van der Waals surface area (Å²) in [7, 11) is 0. The smallest absolute Gasteiger partial charge is 0.116 e. The van der Waals surface area contributed by atoms with Gasteiger partial charge < -0.3 is 10.4 Å². The Morgan fingerprint density at radius 3 is 3.00 bits per heavy atom. The summed E-state index contributed by atoms with van der Waals surface area (Å²) in [4.78, 5) is 0. The van der Waals surface area contributed by atoms with Crippen LogP contribution in [0.2, 0.25) is 0 Å². The molecular formula is C14H17N3O. The number of benzene rings is 1. The van der Waals surface area contributed by atoms with Crippen molar-refractivity contribution in [2.24, 2.45) is 0 Å². The van der Waals surface area contributed by atoms with Crippen LogP contribution in [0.25, 0.3) is 11.1 Å². The molecule has 3 rings (SSSR count). The molecule has 0 spiro atoms. The van der Waals surface area contributed by atoms with E-state index in [1.165, 1.54) is 12.8 Å². The number of rotatable bonds is 2. The molecule has 1 saturated heterocycles. The van der Waals surface area contributed by atoms with Gasteiger partial charge in [-0.3, -0.25) is 5.10 Å². The van der Waals surface area contributed by atoms with Gasteiger partial charge in [-0.15, -0.1) is 0 Å². The van der Waals surface area contributed by atoms with Crippen molar-refractivity contribution < 1.29 is 5.11 Å². The summed E-state index contributed by atoms with van der Waals surface area (Å²) in [5.41, 5.74) is 3.21. The maximum atomic E-state index is 9.57. The molecule has 18 heavy (non-hydrogen) atoms. The second kappa shape index (κ2) is 4.82. The second-order valence-corrected chi connectivity index (χ2v) is 4.75. The van der Waals surface area contributed by atoms with Crippen LogP contribution in [0.1, 0.15) is 31.0 Å². The summed E-state index contributed by atoms with van der Waals surface area (Å²) in [5.74, 6) is 0.288. The van der Waals surface area contributed by atoms with Gasteiger partial charge in [-0.1, -0.05) is 18.6 Å². The first kappa shape index (κ1) is 11.3. The van der Waals surface area contributed by atoms with E-state index in [0.29, 0.717) is 6.04 Å². The molecule has 0 amide bonds. The number of aromatic hydroxyl groups is 1. The molecule has 0 bridgehead atoms. The van der Waals surface area contributed by atoms with Gasteiger partial charge in [-0.05, 0) is 37.1 Å². The fraction of sp³-hybridized carbons (Fsp3) is 0.357. The van der Waals surface area contributed by atoms with Crippen LogP contribution < -0.4 is 5.32 Å². The Balaban J connectivity index is 1.95. The first-order chi connectivity index (χ1) is 8.84. The van der Waals surface area contributed by atoms with E-state index < -0.39 is 0 Å². The first-order valence-corrected chi connectivity index (χ1v) is 6.40. The van der Waals surface area contributed by atoms with Crippen molar-refractivity contribution in [2.75, 3.05) is 6.54 Å². The van der Waals surface area contributed by atoms with Crippen LogP contribution in [0.5, 0.6) is 5.75 Å². The lowest BCUT2D eigenvalue weighted by Gasteiger charge is -2.23. The van der Waals surface area contributed by atoms with E-state index in [-0.39, 0.29) is 5.75 Å². The highest BCUT2D eigenvalue weighted by atomic mass is 16.3. The van der Waals surface area contributed by atoms with E-state index in [1.54, 1.807) is 12.1 Å². The van der Waals surface area contributed by atoms with Crippen LogP contribution in [0, 0.1) is 0 Å². The molecule has 1 aromatic carbocycles. The van der Waals surface area contributed by atoms with Crippen LogP contribution in [0.4, 0.5) is 0 Å². The Bertz CT molecular complexity index is 529. The van der Waals surface area contributed by atoms with Crippen LogP contribution in [-0.4, -0.2) is 21.8 Å². The van der Waals surface area contributed by atoms with E-state index in [9.17, 15) is 5.11 Å². The van der Waals surface area contributed by atoms with Gasteiger partial charge in [0.1, 0.15) is 5.75 Å². The number of phenols is 1. The van der Waals surface area contributed by atoms with Crippen LogP contribution >= 0.6 is 0 Å². The molecule has 0 saturated carbocycles. The lowest BCUT2D eigenvalue weighted by molar-refractivity contribution is 0.405. The summed E-state index contributed by atoms with van der Waals surface area (Å²) in [6, 6.07) is 7.66. The molecular weight excluding hydrogens is 226 g/mol. The highest BCUT2D eigenvalue weighted by molar-refractivity contribution is 5.67. The molecule has 94 valence electrons. The maximum Gasteiger partial charge on any atom is 0.116 e. The van der Waals surface area contributed by atoms with Crippen molar-refractivity contribution in [2.45, 2.75) is 25.3 Å². The van der Waals surface area contributed by atoms with Gasteiger partial charge in [0.05, 0.1) is 11.9 Å². The van der Waals surface area contributed by atoms with Gasteiger partial charge in [0.15, 0.2) is 0 Å². The molecule has 2 aromatic rings. The quantitative estimate of drug-likeness (QED) is 0.759. The van der Waals surface area contributed by atoms with Crippen molar-refractivity contribution in [1.29, 1.82) is 0 Å². The van der Waals surface area contributed by atoms with Crippen molar-refractivity contribution in [3.63, 3.8) is 0 Å². The molecule has 0 radical (unpaired) electrons. The standard InChI is InChI=1S/C14H17N3O/c18-11-5-3-4-10(8-11)12-9-16-17-14(12)13-6-1-2-7-15-13/h3-5,8-9,13,15,18H,1-2,6-7H2,(H,16,17). The SMILES string of the molecule is Oc1cccc(-c2cn[nH]c2C2CCCCN2)c1. The number of piperidine rings is 1. The predicted octanol–water partition coefficient (Wildman–Crippen LogP) is 2.60. The monoisotopic (exact) mass is 243 g/mol. The fourth-order valence-corrected chi connectivity index (χ4v) is 2.56. The molecule has 1 aliphatic heterocycles. The number of aromatic nitrogens is 2. The Kier molecular flexibility index (Phi) is 3.02. The highest BCUT2D eigenvalue weighted by Crippen LogP contribution is 2.31. The third kappa shape index (κ3) is 2.11. The molecule has 1 aromatic heterocycles. The number of H-pyrrole nitrogens is 1. The Hall–Kier alpha value is -1.81. The van der Waals surface area contributed by atoms with Gasteiger partial charge in [0.2, 0.25) is 0 Å². The first-order valence-electron chi connectivity index (χ1n) is 6.40. The molecule has 4 heteroatoms. The molecule has 1 fully saturated rings. The molecule has 4 nitrogen and oxygen atoms in total. The Morgan fingerprint density at radius 2 is 2.22 bits per heavy atom. The Morgan fingerprint density at radius 1 is 1.28 bits per heavy atom. The van der Waals surface area contributed by atoms with Gasteiger partial charge in [0, 0.05) is 11.6 Å². The largest absolute Gasteiger partial charge is 0.508 e. The summed E-state index contributed by atoms with van der Waals surface area (Å²) in [5, 5.41) is 20.3. The highest BCUT2D eigenvalue weighted by Gasteiger charge is 2.20. The van der Waals surface area contributed by atoms with Gasteiger partial charge >= 0.3 is 0 Å². The topological polar surface area (TPSA) is 60.9 Å². The lowest BCUT2D eigenvalue weighted by atomic mass is 9.96. The average molecular weight is 243 g/mol. The summed E-state index contributed by atoms with van der Waals surface area (Å²) >= 11 is 0. The third-order valence-electron chi connectivity index (χ3n) is 3.48. The van der Waals surface area contributed by atoms with Crippen molar-refractivity contribution in [3.05, 3.63) is 36.2 Å². The number of aromatic amines is 1. The van der Waals surface area contributed by atoms with Gasteiger partial charge in [0.25, 0.3) is 0 Å². The van der Waals surface area contributed by atoms with Crippen LogP contribution in [-0.2, 0) is 0 Å². The maximum absolute atomic E-state index is 9.57. The molecule has 2 heterocycles. The number of phenolic OH excluding ortho intramolecular Hbond substituents is 1. The zero-order valence-corrected chi connectivity index (χ0v) is 10.2. The number of hydrogen-bond acceptors (Lipinski definition) is 3. The third-order valence-corrected chi connectivity index (χ3v) is 3.48. The summed E-state index contributed by atoms with van der Waals surface area (Å²) in [6.45, 7) is 1.06. The van der Waals surface area contributed by atoms with Crippen molar-refractivity contribution in [1.82, 2.24) is 15.5 Å². The molecule has 0 aliphatic carbocycles. The van der Waals surface area contributed by atoms with E-state index in [4.69, 9.17) is 0 Å². The minimum absolute atomic E-state index is 0.288. The van der Waals surface area contributed by atoms with Crippen molar-refractivity contribution in [3.8, 4) is 16.9 Å². The van der Waals surface area contributed by atoms with Gasteiger partial charge in [-0.2, -0.15) is 5.10 Å². The van der Waals surface area contributed by atoms with E-state index in [1.807, 2.05) is 18.3 Å². The second-order valence-electron chi connectivity index (χ2n) is 4.75. The lowest BCUT2D eigenvalue weighted by Crippen LogP contribution is -2.27. The van der Waals surface area contributed by atoms with Crippen LogP contribution in [0.3, 0.4) is 0 Å². The molecule has 1 aliphatic rings. The number of hydrogen-bond donors (Lipinski definition) is 3. The van der Waals surface area contributed by atoms with E-state index >= 15 is 0 Å². The predicted molar refractivity (Wildman–Crippen MR) is 70.3 cm³/mol. The van der Waals surface area contributed by atoms with E-state index in [2.05, 4.69) is 15.5 Å². The molecule has 1 unspecified atom stereocenters. The minimum atomic E-state index is 0.288. The summed E-state index contributed by atoms with van der Waals surface area (Å²) < 4.78 is 0. The number of nitrogens with one attached hydrogen (secondary N) is 2. The molecule has 1 atom stereocenters. The average Bonchev–Trinajstić information content (AvgIpc) is 2.89. The summed E-state index contributed by atoms with van der Waals surface area (Å²) in [6.07, 6.45) is 5.46. The van der Waals surface area contributed by atoms with Gasteiger partial charge in [-0.25, -0.2) is 0 Å². The van der Waals surface area contributed by atoms with Crippen LogP contribution in [0.15, 0.2) is 30.5 Å². The minimum Gasteiger partial charge on any atom is -0.508 e. The zero-order valence-electron chi connectivity index (χ0n) is 10.2.